The van der Waals surface area contributed by atoms with Crippen LogP contribution in [0.4, 0.5) is 0 Å². The second kappa shape index (κ2) is 4.70. The summed E-state index contributed by atoms with van der Waals surface area (Å²) in [6.07, 6.45) is 4.72. The molecule has 1 N–H and O–H groups in total. The molecule has 0 aliphatic carbocycles. The average molecular weight is 241 g/mol. The lowest BCUT2D eigenvalue weighted by atomic mass is 9.94. The molecule has 0 aromatic carbocycles. The molecule has 2 unspecified atom stereocenters. The van der Waals surface area contributed by atoms with E-state index in [9.17, 15) is 0 Å². The first-order chi connectivity index (χ1) is 7.62. The lowest BCUT2D eigenvalue weighted by molar-refractivity contribution is 0.0881. The van der Waals surface area contributed by atoms with Crippen molar-refractivity contribution in [3.05, 3.63) is 29.0 Å². The highest BCUT2D eigenvalue weighted by Crippen LogP contribution is 2.26. The van der Waals surface area contributed by atoms with Gasteiger partial charge in [0.25, 0.3) is 0 Å². The minimum atomic E-state index is 0.0482. The van der Waals surface area contributed by atoms with Crippen LogP contribution in [-0.4, -0.2) is 23.2 Å². The Labute approximate surface area is 101 Å². The van der Waals surface area contributed by atoms with Crippen molar-refractivity contribution in [2.45, 2.75) is 38.5 Å². The monoisotopic (exact) mass is 240 g/mol. The van der Waals surface area contributed by atoms with Gasteiger partial charge in [-0.2, -0.15) is 0 Å². The van der Waals surface area contributed by atoms with Crippen molar-refractivity contribution in [1.29, 1.82) is 0 Å². The van der Waals surface area contributed by atoms with Gasteiger partial charge in [0.1, 0.15) is 0 Å². The Kier molecular flexibility index (Phi) is 3.47. The Morgan fingerprint density at radius 3 is 3.12 bits per heavy atom. The molecule has 0 spiro atoms. The molecule has 0 amide bonds. The van der Waals surface area contributed by atoms with E-state index in [0.717, 1.165) is 25.1 Å². The molecule has 88 valence electrons. The van der Waals surface area contributed by atoms with Crippen LogP contribution in [0.3, 0.4) is 0 Å². The first kappa shape index (κ1) is 11.8. The Morgan fingerprint density at radius 1 is 1.69 bits per heavy atom. The fourth-order valence-corrected chi connectivity index (χ4v) is 2.10. The Balaban J connectivity index is 2.00. The van der Waals surface area contributed by atoms with Crippen LogP contribution in [0.25, 0.3) is 0 Å². The molecule has 1 aliphatic heterocycles. The highest BCUT2D eigenvalue weighted by atomic mass is 35.5. The predicted molar refractivity (Wildman–Crippen MR) is 64.5 cm³/mol. The zero-order valence-corrected chi connectivity index (χ0v) is 10.4. The standard InChI is InChI=1S/C12H17ClN2O/c1-9-12(2,4-6-16-9)15-7-10-3-5-14-8-11(10)13/h3,5,8-9,15H,4,6-7H2,1-2H3. The van der Waals surface area contributed by atoms with Gasteiger partial charge in [-0.05, 0) is 31.9 Å². The van der Waals surface area contributed by atoms with Crippen molar-refractivity contribution in [3.63, 3.8) is 0 Å². The normalized spacial score (nSPS) is 29.6. The Hall–Kier alpha value is -0.640. The zero-order chi connectivity index (χ0) is 11.6. The van der Waals surface area contributed by atoms with Crippen LogP contribution in [0, 0.1) is 0 Å². The van der Waals surface area contributed by atoms with Gasteiger partial charge in [-0.15, -0.1) is 0 Å². The number of rotatable bonds is 3. The number of aromatic nitrogens is 1. The van der Waals surface area contributed by atoms with Gasteiger partial charge in [-0.3, -0.25) is 4.98 Å². The second-order valence-corrected chi connectivity index (χ2v) is 4.91. The molecule has 1 aliphatic rings. The number of nitrogens with one attached hydrogen (secondary N) is 1. The maximum atomic E-state index is 6.06. The summed E-state index contributed by atoms with van der Waals surface area (Å²) in [5.41, 5.74) is 1.13. The third-order valence-corrected chi connectivity index (χ3v) is 3.77. The molecule has 2 heterocycles. The number of hydrogen-bond acceptors (Lipinski definition) is 3. The smallest absolute Gasteiger partial charge is 0.0726 e. The second-order valence-electron chi connectivity index (χ2n) is 4.50. The molecular formula is C12H17ClN2O. The quantitative estimate of drug-likeness (QED) is 0.881. The highest BCUT2D eigenvalue weighted by molar-refractivity contribution is 6.31. The van der Waals surface area contributed by atoms with Crippen molar-refractivity contribution in [1.82, 2.24) is 10.3 Å². The molecule has 1 aromatic heterocycles. The fourth-order valence-electron chi connectivity index (χ4n) is 1.91. The van der Waals surface area contributed by atoms with Gasteiger partial charge in [-0.1, -0.05) is 11.6 Å². The van der Waals surface area contributed by atoms with E-state index in [2.05, 4.69) is 24.1 Å². The molecule has 0 saturated carbocycles. The fraction of sp³-hybridized carbons (Fsp3) is 0.583. The van der Waals surface area contributed by atoms with Gasteiger partial charge in [0.15, 0.2) is 0 Å². The summed E-state index contributed by atoms with van der Waals surface area (Å²) in [5, 5.41) is 4.24. The topological polar surface area (TPSA) is 34.1 Å². The molecular weight excluding hydrogens is 224 g/mol. The number of nitrogens with zero attached hydrogens (tertiary/aromatic N) is 1. The molecule has 4 heteroatoms. The maximum Gasteiger partial charge on any atom is 0.0726 e. The molecule has 3 nitrogen and oxygen atoms in total. The van der Waals surface area contributed by atoms with E-state index in [1.54, 1.807) is 12.4 Å². The van der Waals surface area contributed by atoms with Crippen LogP contribution in [-0.2, 0) is 11.3 Å². The number of pyridine rings is 1. The zero-order valence-electron chi connectivity index (χ0n) is 9.66. The van der Waals surface area contributed by atoms with E-state index in [4.69, 9.17) is 16.3 Å². The maximum absolute atomic E-state index is 6.06. The van der Waals surface area contributed by atoms with Gasteiger partial charge < -0.3 is 10.1 Å². The van der Waals surface area contributed by atoms with Crippen molar-refractivity contribution in [2.24, 2.45) is 0 Å². The molecule has 2 rings (SSSR count). The molecule has 1 fully saturated rings. The minimum absolute atomic E-state index is 0.0482. The molecule has 1 aromatic rings. The molecule has 16 heavy (non-hydrogen) atoms. The molecule has 1 saturated heterocycles. The SMILES string of the molecule is CC1OCCC1(C)NCc1ccncc1Cl. The summed E-state index contributed by atoms with van der Waals surface area (Å²) in [5.74, 6) is 0. The van der Waals surface area contributed by atoms with Gasteiger partial charge >= 0.3 is 0 Å². The van der Waals surface area contributed by atoms with Gasteiger partial charge in [0, 0.05) is 31.1 Å². The number of ether oxygens (including phenoxy) is 1. The summed E-state index contributed by atoms with van der Waals surface area (Å²) >= 11 is 6.06. The van der Waals surface area contributed by atoms with E-state index in [1.807, 2.05) is 6.07 Å². The lowest BCUT2D eigenvalue weighted by Gasteiger charge is -2.29. The van der Waals surface area contributed by atoms with Gasteiger partial charge in [0.05, 0.1) is 11.1 Å². The Morgan fingerprint density at radius 2 is 2.50 bits per heavy atom. The van der Waals surface area contributed by atoms with E-state index in [1.165, 1.54) is 0 Å². The first-order valence-corrected chi connectivity index (χ1v) is 5.95. The van der Waals surface area contributed by atoms with Gasteiger partial charge in [0.2, 0.25) is 0 Å². The number of halogens is 1. The molecule has 0 bridgehead atoms. The first-order valence-electron chi connectivity index (χ1n) is 5.57. The predicted octanol–water partition coefficient (Wildman–Crippen LogP) is 2.39. The van der Waals surface area contributed by atoms with E-state index in [0.29, 0.717) is 5.02 Å². The van der Waals surface area contributed by atoms with Gasteiger partial charge in [-0.25, -0.2) is 0 Å². The summed E-state index contributed by atoms with van der Waals surface area (Å²) in [7, 11) is 0. The minimum Gasteiger partial charge on any atom is -0.377 e. The van der Waals surface area contributed by atoms with Crippen LogP contribution >= 0.6 is 11.6 Å². The van der Waals surface area contributed by atoms with E-state index in [-0.39, 0.29) is 11.6 Å². The number of hydrogen-bond donors (Lipinski definition) is 1. The van der Waals surface area contributed by atoms with Crippen molar-refractivity contribution < 1.29 is 4.74 Å². The molecule has 2 atom stereocenters. The largest absolute Gasteiger partial charge is 0.377 e. The van der Waals surface area contributed by atoms with Crippen LogP contribution < -0.4 is 5.32 Å². The van der Waals surface area contributed by atoms with Crippen molar-refractivity contribution in [2.75, 3.05) is 6.61 Å². The summed E-state index contributed by atoms with van der Waals surface area (Å²) in [4.78, 5) is 3.97. The van der Waals surface area contributed by atoms with E-state index < -0.39 is 0 Å². The van der Waals surface area contributed by atoms with Crippen LogP contribution in [0.15, 0.2) is 18.5 Å². The van der Waals surface area contributed by atoms with Crippen molar-refractivity contribution >= 4 is 11.6 Å². The lowest BCUT2D eigenvalue weighted by Crippen LogP contribution is -2.47. The average Bonchev–Trinajstić information content (AvgIpc) is 2.59. The van der Waals surface area contributed by atoms with Crippen LogP contribution in [0.1, 0.15) is 25.8 Å². The Bertz CT molecular complexity index is 372. The summed E-state index contributed by atoms with van der Waals surface area (Å²) < 4.78 is 5.58. The third kappa shape index (κ3) is 2.37. The third-order valence-electron chi connectivity index (χ3n) is 3.43. The summed E-state index contributed by atoms with van der Waals surface area (Å²) in [6, 6.07) is 1.94. The van der Waals surface area contributed by atoms with Crippen LogP contribution in [0.2, 0.25) is 5.02 Å². The summed E-state index contributed by atoms with van der Waals surface area (Å²) in [6.45, 7) is 5.88. The molecule has 0 radical (unpaired) electrons. The highest BCUT2D eigenvalue weighted by Gasteiger charge is 2.36. The van der Waals surface area contributed by atoms with Crippen LogP contribution in [0.5, 0.6) is 0 Å². The van der Waals surface area contributed by atoms with E-state index >= 15 is 0 Å². The van der Waals surface area contributed by atoms with Crippen molar-refractivity contribution in [3.8, 4) is 0 Å².